The van der Waals surface area contributed by atoms with Crippen molar-refractivity contribution >= 4 is 17.0 Å². The van der Waals surface area contributed by atoms with E-state index < -0.39 is 27.8 Å². The van der Waals surface area contributed by atoms with Crippen molar-refractivity contribution in [2.75, 3.05) is 7.11 Å². The second-order valence-electron chi connectivity index (χ2n) is 2.85. The fourth-order valence-corrected chi connectivity index (χ4v) is 1.64. The van der Waals surface area contributed by atoms with Gasteiger partial charge in [0.25, 0.3) is 0 Å². The predicted octanol–water partition coefficient (Wildman–Crippen LogP) is 1.50. The molecule has 0 aliphatic heterocycles. The van der Waals surface area contributed by atoms with E-state index in [0.717, 1.165) is 6.07 Å². The van der Waals surface area contributed by atoms with Crippen molar-refractivity contribution in [2.45, 2.75) is 11.8 Å². The van der Waals surface area contributed by atoms with Crippen LogP contribution in [0.15, 0.2) is 17.0 Å². The van der Waals surface area contributed by atoms with Crippen molar-refractivity contribution in [1.29, 1.82) is 0 Å². The van der Waals surface area contributed by atoms with E-state index >= 15 is 0 Å². The summed E-state index contributed by atoms with van der Waals surface area (Å²) in [5.41, 5.74) is 0.170. The van der Waals surface area contributed by atoms with Crippen LogP contribution in [0.25, 0.3) is 0 Å². The van der Waals surface area contributed by atoms with Crippen molar-refractivity contribution in [1.82, 2.24) is 0 Å². The molecule has 1 rings (SSSR count). The van der Waals surface area contributed by atoms with Crippen molar-refractivity contribution in [3.05, 3.63) is 29.1 Å². The number of ether oxygens (including phenoxy) is 1. The van der Waals surface area contributed by atoms with E-state index in [-0.39, 0.29) is 11.1 Å². The van der Waals surface area contributed by atoms with Crippen LogP contribution in [0.1, 0.15) is 15.9 Å². The first-order valence-electron chi connectivity index (χ1n) is 3.96. The molecule has 0 spiro atoms. The molecule has 0 aliphatic rings. The summed E-state index contributed by atoms with van der Waals surface area (Å²) in [6.45, 7) is 1.40. The minimum absolute atomic E-state index is 0.0498. The quantitative estimate of drug-likeness (QED) is 0.620. The highest BCUT2D eigenvalue weighted by Crippen LogP contribution is 2.18. The first kappa shape index (κ1) is 11.8. The minimum atomic E-state index is -2.46. The second-order valence-corrected chi connectivity index (χ2v) is 3.78. The van der Waals surface area contributed by atoms with E-state index in [1.807, 2.05) is 0 Å². The SMILES string of the molecule is COC(=O)c1cc(C)c(F)c(S(=O)O)c1. The number of aryl methyl sites for hydroxylation is 1. The Bertz CT molecular complexity index is 430. The number of hydrogen-bond donors (Lipinski definition) is 1. The Kier molecular flexibility index (Phi) is 3.54. The smallest absolute Gasteiger partial charge is 0.337 e. The molecular weight excluding hydrogens is 223 g/mol. The highest BCUT2D eigenvalue weighted by atomic mass is 32.2. The standard InChI is InChI=1S/C9H9FO4S/c1-5-3-6(9(11)14-2)4-7(8(5)10)15(12)13/h3-4H,1-2H3,(H,12,13). The van der Waals surface area contributed by atoms with Gasteiger partial charge in [-0.05, 0) is 24.6 Å². The first-order valence-corrected chi connectivity index (χ1v) is 5.07. The number of esters is 1. The Morgan fingerprint density at radius 1 is 1.53 bits per heavy atom. The molecule has 6 heteroatoms. The lowest BCUT2D eigenvalue weighted by Gasteiger charge is -2.05. The summed E-state index contributed by atoms with van der Waals surface area (Å²) in [5.74, 6) is -1.46. The Balaban J connectivity index is 3.35. The van der Waals surface area contributed by atoms with Crippen LogP contribution in [0.3, 0.4) is 0 Å². The van der Waals surface area contributed by atoms with E-state index in [4.69, 9.17) is 4.55 Å². The van der Waals surface area contributed by atoms with Crippen LogP contribution >= 0.6 is 0 Å². The van der Waals surface area contributed by atoms with Gasteiger partial charge in [0.2, 0.25) is 0 Å². The minimum Gasteiger partial charge on any atom is -0.465 e. The molecule has 1 aromatic carbocycles. The van der Waals surface area contributed by atoms with Crippen molar-refractivity contribution < 1.29 is 22.7 Å². The summed E-state index contributed by atoms with van der Waals surface area (Å²) >= 11 is -2.46. The summed E-state index contributed by atoms with van der Waals surface area (Å²) in [7, 11) is 1.18. The molecule has 0 bridgehead atoms. The van der Waals surface area contributed by atoms with E-state index in [2.05, 4.69) is 4.74 Å². The lowest BCUT2D eigenvalue weighted by Crippen LogP contribution is -2.05. The van der Waals surface area contributed by atoms with E-state index in [1.54, 1.807) is 0 Å². The highest BCUT2D eigenvalue weighted by Gasteiger charge is 2.16. The summed E-state index contributed by atoms with van der Waals surface area (Å²) in [6, 6.07) is 2.27. The van der Waals surface area contributed by atoms with Gasteiger partial charge in [-0.1, -0.05) is 0 Å². The lowest BCUT2D eigenvalue weighted by atomic mass is 10.1. The number of rotatable bonds is 2. The first-order chi connectivity index (χ1) is 6.97. The zero-order valence-corrected chi connectivity index (χ0v) is 8.93. The van der Waals surface area contributed by atoms with Crippen LogP contribution in [0.5, 0.6) is 0 Å². The van der Waals surface area contributed by atoms with Crippen LogP contribution in [0.2, 0.25) is 0 Å². The molecule has 0 amide bonds. The largest absolute Gasteiger partial charge is 0.465 e. The summed E-state index contributed by atoms with van der Waals surface area (Å²) in [5, 5.41) is 0. The summed E-state index contributed by atoms with van der Waals surface area (Å²) in [6.07, 6.45) is 0. The number of hydrogen-bond acceptors (Lipinski definition) is 3. The molecular formula is C9H9FO4S. The molecule has 0 saturated heterocycles. The molecule has 82 valence electrons. The maximum Gasteiger partial charge on any atom is 0.337 e. The van der Waals surface area contributed by atoms with Gasteiger partial charge in [0.05, 0.1) is 12.7 Å². The van der Waals surface area contributed by atoms with Crippen LogP contribution < -0.4 is 0 Å². The predicted molar refractivity (Wildman–Crippen MR) is 51.5 cm³/mol. The van der Waals surface area contributed by atoms with Crippen molar-refractivity contribution in [3.8, 4) is 0 Å². The van der Waals surface area contributed by atoms with Gasteiger partial charge in [-0.3, -0.25) is 0 Å². The normalized spacial score (nSPS) is 12.3. The van der Waals surface area contributed by atoms with E-state index in [9.17, 15) is 13.4 Å². The van der Waals surface area contributed by atoms with Crippen LogP contribution in [0.4, 0.5) is 4.39 Å². The topological polar surface area (TPSA) is 63.6 Å². The Morgan fingerprint density at radius 3 is 2.60 bits per heavy atom. The molecule has 15 heavy (non-hydrogen) atoms. The average molecular weight is 232 g/mol. The summed E-state index contributed by atoms with van der Waals surface area (Å²) in [4.78, 5) is 10.7. The zero-order chi connectivity index (χ0) is 11.6. The Morgan fingerprint density at radius 2 is 2.13 bits per heavy atom. The van der Waals surface area contributed by atoms with Gasteiger partial charge in [0.1, 0.15) is 10.7 Å². The monoisotopic (exact) mass is 232 g/mol. The molecule has 0 saturated carbocycles. The molecule has 0 radical (unpaired) electrons. The van der Waals surface area contributed by atoms with Gasteiger partial charge in [0.15, 0.2) is 11.1 Å². The third-order valence-corrected chi connectivity index (χ3v) is 2.50. The fourth-order valence-electron chi connectivity index (χ4n) is 1.10. The lowest BCUT2D eigenvalue weighted by molar-refractivity contribution is 0.0600. The molecule has 4 nitrogen and oxygen atoms in total. The van der Waals surface area contributed by atoms with Gasteiger partial charge in [0, 0.05) is 0 Å². The fraction of sp³-hybridized carbons (Fsp3) is 0.222. The second kappa shape index (κ2) is 4.50. The van der Waals surface area contributed by atoms with Crippen LogP contribution in [-0.4, -0.2) is 21.8 Å². The van der Waals surface area contributed by atoms with Gasteiger partial charge < -0.3 is 9.29 Å². The van der Waals surface area contributed by atoms with Gasteiger partial charge in [-0.25, -0.2) is 13.4 Å². The zero-order valence-electron chi connectivity index (χ0n) is 8.11. The number of methoxy groups -OCH3 is 1. The van der Waals surface area contributed by atoms with Crippen molar-refractivity contribution in [3.63, 3.8) is 0 Å². The Hall–Kier alpha value is -1.27. The summed E-state index contributed by atoms with van der Waals surface area (Å²) < 4.78 is 37.3. The molecule has 0 fully saturated rings. The van der Waals surface area contributed by atoms with E-state index in [0.29, 0.717) is 0 Å². The number of carbonyl (C=O) groups excluding carboxylic acids is 1. The van der Waals surface area contributed by atoms with Gasteiger partial charge in [-0.15, -0.1) is 0 Å². The van der Waals surface area contributed by atoms with Crippen LogP contribution in [-0.2, 0) is 15.8 Å². The van der Waals surface area contributed by atoms with Crippen LogP contribution in [0, 0.1) is 12.7 Å². The van der Waals surface area contributed by atoms with E-state index in [1.165, 1.54) is 20.1 Å². The maximum atomic E-state index is 13.3. The average Bonchev–Trinajstić information content (AvgIpc) is 2.20. The Labute approximate surface area is 88.3 Å². The third kappa shape index (κ3) is 2.40. The molecule has 1 aromatic rings. The molecule has 1 unspecified atom stereocenters. The van der Waals surface area contributed by atoms with Crippen molar-refractivity contribution in [2.24, 2.45) is 0 Å². The number of benzene rings is 1. The third-order valence-electron chi connectivity index (χ3n) is 1.83. The molecule has 1 atom stereocenters. The molecule has 1 N–H and O–H groups in total. The molecule has 0 heterocycles. The van der Waals surface area contributed by atoms with Gasteiger partial charge >= 0.3 is 5.97 Å². The van der Waals surface area contributed by atoms with Gasteiger partial charge in [-0.2, -0.15) is 0 Å². The molecule has 0 aromatic heterocycles. The highest BCUT2D eigenvalue weighted by molar-refractivity contribution is 7.79. The maximum absolute atomic E-state index is 13.3. The number of carbonyl (C=O) groups is 1. The molecule has 0 aliphatic carbocycles. The number of halogens is 1.